The molecule has 0 aromatic carbocycles. The molecule has 1 rings (SSSR count). The molecule has 0 aliphatic heterocycles. The highest BCUT2D eigenvalue weighted by atomic mass is 19.4. The van der Waals surface area contributed by atoms with Gasteiger partial charge in [0.15, 0.2) is 0 Å². The normalized spacial score (nSPS) is 13.3. The zero-order chi connectivity index (χ0) is 12.0. The zero-order valence-electron chi connectivity index (χ0n) is 7.68. The molecule has 0 fully saturated rings. The van der Waals surface area contributed by atoms with E-state index in [-0.39, 0.29) is 0 Å². The van der Waals surface area contributed by atoms with Gasteiger partial charge >= 0.3 is 12.4 Å². The van der Waals surface area contributed by atoms with Crippen LogP contribution in [0.1, 0.15) is 22.6 Å². The molecule has 0 bridgehead atoms. The van der Waals surface area contributed by atoms with Crippen LogP contribution in [0.2, 0.25) is 0 Å². The largest absolute Gasteiger partial charge is 0.465 e. The molecule has 0 atom stereocenters. The Kier molecular flexibility index (Phi) is 2.53. The van der Waals surface area contributed by atoms with E-state index in [0.717, 1.165) is 13.8 Å². The SMILES string of the molecule is Cc1oc(C)c(C(F)(F)F)c1C(F)(F)F. The Balaban J connectivity index is 3.51. The van der Waals surface area contributed by atoms with E-state index in [1.165, 1.54) is 0 Å². The van der Waals surface area contributed by atoms with Crippen molar-refractivity contribution in [3.63, 3.8) is 0 Å². The first-order valence-corrected chi connectivity index (χ1v) is 3.79. The lowest BCUT2D eigenvalue weighted by Crippen LogP contribution is -2.16. The number of rotatable bonds is 0. The highest BCUT2D eigenvalue weighted by Crippen LogP contribution is 2.44. The summed E-state index contributed by atoms with van der Waals surface area (Å²) in [5.41, 5.74) is -3.49. The molecule has 0 aliphatic rings. The summed E-state index contributed by atoms with van der Waals surface area (Å²) in [6, 6.07) is 0. The lowest BCUT2D eigenvalue weighted by Gasteiger charge is -2.11. The molecule has 1 aromatic heterocycles. The van der Waals surface area contributed by atoms with Gasteiger partial charge in [0, 0.05) is 0 Å². The van der Waals surface area contributed by atoms with E-state index in [1.54, 1.807) is 0 Å². The van der Waals surface area contributed by atoms with Gasteiger partial charge in [-0.05, 0) is 13.8 Å². The third kappa shape index (κ3) is 2.10. The Labute approximate surface area is 80.7 Å². The molecule has 0 unspecified atom stereocenters. The van der Waals surface area contributed by atoms with Crippen molar-refractivity contribution in [2.24, 2.45) is 0 Å². The molecular formula is C8H6F6O. The van der Waals surface area contributed by atoms with Crippen LogP contribution in [0.3, 0.4) is 0 Å². The smallest absolute Gasteiger partial charge is 0.420 e. The van der Waals surface area contributed by atoms with Gasteiger partial charge in [-0.25, -0.2) is 0 Å². The second kappa shape index (κ2) is 3.18. The van der Waals surface area contributed by atoms with E-state index in [2.05, 4.69) is 4.42 Å². The fraction of sp³-hybridized carbons (Fsp3) is 0.500. The van der Waals surface area contributed by atoms with Crippen LogP contribution >= 0.6 is 0 Å². The molecule has 0 N–H and O–H groups in total. The summed E-state index contributed by atoms with van der Waals surface area (Å²) < 4.78 is 78.1. The van der Waals surface area contributed by atoms with Gasteiger partial charge in [-0.3, -0.25) is 0 Å². The molecule has 0 radical (unpaired) electrons. The van der Waals surface area contributed by atoms with Crippen molar-refractivity contribution >= 4 is 0 Å². The predicted octanol–water partition coefficient (Wildman–Crippen LogP) is 3.93. The van der Waals surface area contributed by atoms with Crippen LogP contribution < -0.4 is 0 Å². The first-order chi connectivity index (χ1) is 6.55. The quantitative estimate of drug-likeness (QED) is 0.617. The van der Waals surface area contributed by atoms with Gasteiger partial charge in [0.05, 0.1) is 0 Å². The highest BCUT2D eigenvalue weighted by molar-refractivity contribution is 5.37. The molecular weight excluding hydrogens is 226 g/mol. The van der Waals surface area contributed by atoms with Crippen LogP contribution in [0, 0.1) is 13.8 Å². The summed E-state index contributed by atoms with van der Waals surface area (Å²) in [7, 11) is 0. The molecule has 7 heteroatoms. The van der Waals surface area contributed by atoms with Gasteiger partial charge < -0.3 is 4.42 Å². The number of aryl methyl sites for hydroxylation is 2. The fourth-order valence-electron chi connectivity index (χ4n) is 1.37. The molecule has 1 aromatic rings. The second-order valence-corrected chi connectivity index (χ2v) is 2.96. The van der Waals surface area contributed by atoms with E-state index in [9.17, 15) is 26.3 Å². The van der Waals surface area contributed by atoms with Gasteiger partial charge in [-0.15, -0.1) is 0 Å². The maximum Gasteiger partial charge on any atom is 0.420 e. The summed E-state index contributed by atoms with van der Waals surface area (Å²) in [5.74, 6) is -1.54. The zero-order valence-corrected chi connectivity index (χ0v) is 7.68. The van der Waals surface area contributed by atoms with Crippen molar-refractivity contribution in [3.8, 4) is 0 Å². The number of halogens is 6. The van der Waals surface area contributed by atoms with E-state index < -0.39 is 35.0 Å². The fourth-order valence-corrected chi connectivity index (χ4v) is 1.37. The van der Waals surface area contributed by atoms with Crippen molar-refractivity contribution in [3.05, 3.63) is 22.6 Å². The molecule has 0 spiro atoms. The van der Waals surface area contributed by atoms with Crippen molar-refractivity contribution in [2.75, 3.05) is 0 Å². The topological polar surface area (TPSA) is 13.1 Å². The second-order valence-electron chi connectivity index (χ2n) is 2.96. The van der Waals surface area contributed by atoms with Crippen molar-refractivity contribution in [2.45, 2.75) is 26.2 Å². The summed E-state index contributed by atoms with van der Waals surface area (Å²) in [5, 5.41) is 0. The number of furan rings is 1. The maximum atomic E-state index is 12.3. The van der Waals surface area contributed by atoms with Crippen LogP contribution in [0.15, 0.2) is 4.42 Å². The minimum absolute atomic E-state index is 0.771. The number of alkyl halides is 6. The average Bonchev–Trinajstić information content (AvgIpc) is 2.22. The van der Waals surface area contributed by atoms with Gasteiger partial charge in [0.1, 0.15) is 22.6 Å². The molecule has 15 heavy (non-hydrogen) atoms. The van der Waals surface area contributed by atoms with Crippen LogP contribution in [0.5, 0.6) is 0 Å². The van der Waals surface area contributed by atoms with E-state index in [0.29, 0.717) is 0 Å². The van der Waals surface area contributed by atoms with Gasteiger partial charge in [-0.2, -0.15) is 26.3 Å². The lowest BCUT2D eigenvalue weighted by atomic mass is 10.1. The molecule has 0 aliphatic carbocycles. The Hall–Kier alpha value is -1.14. The van der Waals surface area contributed by atoms with Crippen LogP contribution in [-0.4, -0.2) is 0 Å². The molecule has 1 nitrogen and oxygen atoms in total. The van der Waals surface area contributed by atoms with Crippen molar-refractivity contribution in [1.29, 1.82) is 0 Å². The summed E-state index contributed by atoms with van der Waals surface area (Å²) in [4.78, 5) is 0. The van der Waals surface area contributed by atoms with E-state index in [4.69, 9.17) is 0 Å². The maximum absolute atomic E-state index is 12.3. The Bertz CT molecular complexity index is 335. The Morgan fingerprint density at radius 3 is 1.20 bits per heavy atom. The Morgan fingerprint density at radius 2 is 1.00 bits per heavy atom. The summed E-state index contributed by atoms with van der Waals surface area (Å²) in [6.45, 7) is 1.70. The van der Waals surface area contributed by atoms with Gasteiger partial charge in [0.2, 0.25) is 0 Å². The third-order valence-electron chi connectivity index (χ3n) is 1.83. The monoisotopic (exact) mass is 232 g/mol. The molecule has 0 saturated carbocycles. The molecule has 86 valence electrons. The Morgan fingerprint density at radius 1 is 0.733 bits per heavy atom. The number of hydrogen-bond donors (Lipinski definition) is 0. The van der Waals surface area contributed by atoms with Gasteiger partial charge in [-0.1, -0.05) is 0 Å². The summed E-state index contributed by atoms with van der Waals surface area (Å²) >= 11 is 0. The minimum atomic E-state index is -5.06. The first kappa shape index (κ1) is 11.9. The van der Waals surface area contributed by atoms with Crippen molar-refractivity contribution < 1.29 is 30.8 Å². The molecule has 0 amide bonds. The number of hydrogen-bond acceptors (Lipinski definition) is 1. The minimum Gasteiger partial charge on any atom is -0.465 e. The average molecular weight is 232 g/mol. The van der Waals surface area contributed by atoms with Crippen LogP contribution in [0.4, 0.5) is 26.3 Å². The first-order valence-electron chi connectivity index (χ1n) is 3.79. The van der Waals surface area contributed by atoms with Gasteiger partial charge in [0.25, 0.3) is 0 Å². The van der Waals surface area contributed by atoms with E-state index in [1.807, 2.05) is 0 Å². The van der Waals surface area contributed by atoms with E-state index >= 15 is 0 Å². The standard InChI is InChI=1S/C8H6F6O/c1-3-5(7(9,10)11)6(4(2)15-3)8(12,13)14/h1-2H3. The lowest BCUT2D eigenvalue weighted by molar-refractivity contribution is -0.162. The third-order valence-corrected chi connectivity index (χ3v) is 1.83. The molecule has 0 saturated heterocycles. The van der Waals surface area contributed by atoms with Crippen LogP contribution in [0.25, 0.3) is 0 Å². The van der Waals surface area contributed by atoms with Crippen molar-refractivity contribution in [1.82, 2.24) is 0 Å². The predicted molar refractivity (Wildman–Crippen MR) is 38.2 cm³/mol. The summed E-state index contributed by atoms with van der Waals surface area (Å²) in [6.07, 6.45) is -10.1. The van der Waals surface area contributed by atoms with Crippen LogP contribution in [-0.2, 0) is 12.4 Å². The molecule has 1 heterocycles. The highest BCUT2D eigenvalue weighted by Gasteiger charge is 2.48.